The average Bonchev–Trinajstić information content (AvgIpc) is 3.39. The van der Waals surface area contributed by atoms with Crippen LogP contribution in [0.4, 0.5) is 0 Å². The second-order valence-corrected chi connectivity index (χ2v) is 8.07. The summed E-state index contributed by atoms with van der Waals surface area (Å²) in [6, 6.07) is 8.47. The lowest BCUT2D eigenvalue weighted by atomic mass is 10.1. The summed E-state index contributed by atoms with van der Waals surface area (Å²) in [6.07, 6.45) is 0.199. The average molecular weight is 442 g/mol. The van der Waals surface area contributed by atoms with Crippen LogP contribution in [0.25, 0.3) is 11.3 Å². The van der Waals surface area contributed by atoms with Gasteiger partial charge in [0.25, 0.3) is 5.56 Å². The Bertz CT molecular complexity index is 1170. The summed E-state index contributed by atoms with van der Waals surface area (Å²) in [7, 11) is 3.14. The van der Waals surface area contributed by atoms with Crippen molar-refractivity contribution >= 4 is 17.7 Å². The fraction of sp³-hybridized carbons (Fsp3) is 0.333. The van der Waals surface area contributed by atoms with Gasteiger partial charge in [0.05, 0.1) is 26.8 Å². The van der Waals surface area contributed by atoms with Gasteiger partial charge in [-0.2, -0.15) is 0 Å². The molecule has 1 aliphatic rings. The monoisotopic (exact) mass is 442 g/mol. The highest BCUT2D eigenvalue weighted by atomic mass is 32.2. The molecule has 0 radical (unpaired) electrons. The summed E-state index contributed by atoms with van der Waals surface area (Å²) in [4.78, 5) is 29.1. The molecule has 1 N–H and O–H groups in total. The maximum atomic E-state index is 12.4. The first kappa shape index (κ1) is 21.0. The minimum absolute atomic E-state index is 0.124. The van der Waals surface area contributed by atoms with Crippen LogP contribution in [0.5, 0.6) is 11.5 Å². The predicted octanol–water partition coefficient (Wildman–Crippen LogP) is 2.58. The van der Waals surface area contributed by atoms with Gasteiger partial charge in [0.15, 0.2) is 22.4 Å². The van der Waals surface area contributed by atoms with E-state index in [0.29, 0.717) is 39.6 Å². The Morgan fingerprint density at radius 1 is 1.26 bits per heavy atom. The van der Waals surface area contributed by atoms with Crippen molar-refractivity contribution in [1.29, 1.82) is 0 Å². The van der Waals surface area contributed by atoms with E-state index in [1.807, 2.05) is 6.07 Å². The summed E-state index contributed by atoms with van der Waals surface area (Å²) < 4.78 is 17.6. The van der Waals surface area contributed by atoms with Gasteiger partial charge in [0, 0.05) is 35.6 Å². The lowest BCUT2D eigenvalue weighted by Gasteiger charge is -2.12. The van der Waals surface area contributed by atoms with E-state index in [9.17, 15) is 9.59 Å². The highest BCUT2D eigenvalue weighted by Crippen LogP contribution is 2.33. The normalized spacial score (nSPS) is 14.9. The first-order chi connectivity index (χ1) is 15.0. The van der Waals surface area contributed by atoms with Crippen molar-refractivity contribution in [3.63, 3.8) is 0 Å². The number of fused-ring (bicyclic) bond motifs is 1. The third-order valence-corrected chi connectivity index (χ3v) is 6.03. The molecular weight excluding hydrogens is 420 g/mol. The largest absolute Gasteiger partial charge is 0.493 e. The minimum Gasteiger partial charge on any atom is -0.493 e. The van der Waals surface area contributed by atoms with Gasteiger partial charge in [-0.3, -0.25) is 14.2 Å². The molecule has 31 heavy (non-hydrogen) atoms. The van der Waals surface area contributed by atoms with E-state index in [1.165, 1.54) is 17.8 Å². The summed E-state index contributed by atoms with van der Waals surface area (Å²) in [6.45, 7) is 2.01. The molecule has 1 amide bonds. The standard InChI is InChI=1S/C21H22N4O5S/c1-12-6-20(27)25-15(11-31-21(25)23-12)9-19(26)22-10-14-8-17(30-24-14)13-4-5-16(28-2)18(7-13)29-3/h4-8,15H,9-11H2,1-3H3,(H,22,26). The van der Waals surface area contributed by atoms with Crippen LogP contribution in [0.2, 0.25) is 0 Å². The fourth-order valence-electron chi connectivity index (χ4n) is 3.41. The number of nitrogens with zero attached hydrogens (tertiary/aromatic N) is 3. The number of carbonyl (C=O) groups excluding carboxylic acids is 1. The Morgan fingerprint density at radius 2 is 2.06 bits per heavy atom. The van der Waals surface area contributed by atoms with Gasteiger partial charge < -0.3 is 19.3 Å². The second-order valence-electron chi connectivity index (χ2n) is 7.09. The Labute approximate surface area is 182 Å². The SMILES string of the molecule is COc1ccc(-c2cc(CNC(=O)CC3CSc4nc(C)cc(=O)n43)no2)cc1OC. The Hall–Kier alpha value is -3.27. The first-order valence-corrected chi connectivity index (χ1v) is 10.6. The van der Waals surface area contributed by atoms with Crippen molar-refractivity contribution in [2.75, 3.05) is 20.0 Å². The van der Waals surface area contributed by atoms with Crippen LogP contribution >= 0.6 is 11.8 Å². The van der Waals surface area contributed by atoms with Crippen LogP contribution in [0.1, 0.15) is 23.9 Å². The van der Waals surface area contributed by atoms with Gasteiger partial charge in [0.1, 0.15) is 5.69 Å². The molecule has 162 valence electrons. The molecule has 4 rings (SSSR count). The maximum absolute atomic E-state index is 12.4. The molecule has 0 bridgehead atoms. The van der Waals surface area contributed by atoms with Gasteiger partial charge in [-0.05, 0) is 25.1 Å². The number of carbonyl (C=O) groups is 1. The molecule has 1 aliphatic heterocycles. The van der Waals surface area contributed by atoms with E-state index in [4.69, 9.17) is 14.0 Å². The van der Waals surface area contributed by atoms with Crippen LogP contribution in [0, 0.1) is 6.92 Å². The van der Waals surface area contributed by atoms with E-state index in [0.717, 1.165) is 5.56 Å². The number of hydrogen-bond donors (Lipinski definition) is 1. The van der Waals surface area contributed by atoms with E-state index in [2.05, 4.69) is 15.5 Å². The van der Waals surface area contributed by atoms with Crippen molar-refractivity contribution < 1.29 is 18.8 Å². The lowest BCUT2D eigenvalue weighted by molar-refractivity contribution is -0.121. The smallest absolute Gasteiger partial charge is 0.254 e. The number of benzene rings is 1. The summed E-state index contributed by atoms with van der Waals surface area (Å²) in [5.74, 6) is 2.24. The Balaban J connectivity index is 1.38. The number of hydrogen-bond acceptors (Lipinski definition) is 8. The molecule has 0 fully saturated rings. The molecule has 0 spiro atoms. The number of nitrogens with one attached hydrogen (secondary N) is 1. The molecule has 3 heterocycles. The molecule has 1 atom stereocenters. The van der Waals surface area contributed by atoms with E-state index >= 15 is 0 Å². The minimum atomic E-state index is -0.208. The number of rotatable bonds is 7. The Morgan fingerprint density at radius 3 is 2.84 bits per heavy atom. The van der Waals surface area contributed by atoms with Crippen LogP contribution in [-0.4, -0.2) is 40.6 Å². The number of methoxy groups -OCH3 is 2. The lowest BCUT2D eigenvalue weighted by Crippen LogP contribution is -2.30. The van der Waals surface area contributed by atoms with Gasteiger partial charge in [0.2, 0.25) is 5.91 Å². The molecule has 0 saturated carbocycles. The summed E-state index contributed by atoms with van der Waals surface area (Å²) >= 11 is 1.49. The molecule has 2 aromatic heterocycles. The zero-order valence-electron chi connectivity index (χ0n) is 17.4. The maximum Gasteiger partial charge on any atom is 0.254 e. The summed E-state index contributed by atoms with van der Waals surface area (Å²) in [5, 5.41) is 7.53. The van der Waals surface area contributed by atoms with Crippen molar-refractivity contribution in [2.45, 2.75) is 31.1 Å². The molecule has 9 nitrogen and oxygen atoms in total. The van der Waals surface area contributed by atoms with Gasteiger partial charge in [-0.15, -0.1) is 0 Å². The van der Waals surface area contributed by atoms with E-state index < -0.39 is 0 Å². The Kier molecular flexibility index (Phi) is 5.99. The van der Waals surface area contributed by atoms with Crippen molar-refractivity contribution in [2.24, 2.45) is 0 Å². The number of amides is 1. The number of aromatic nitrogens is 3. The predicted molar refractivity (Wildman–Crippen MR) is 115 cm³/mol. The third kappa shape index (κ3) is 4.43. The van der Waals surface area contributed by atoms with Crippen LogP contribution in [0.3, 0.4) is 0 Å². The van der Waals surface area contributed by atoms with Gasteiger partial charge in [-0.1, -0.05) is 16.9 Å². The van der Waals surface area contributed by atoms with Crippen LogP contribution in [-0.2, 0) is 11.3 Å². The van der Waals surface area contributed by atoms with Gasteiger partial charge >= 0.3 is 0 Å². The molecule has 3 aromatic rings. The molecule has 0 saturated heterocycles. The quantitative estimate of drug-likeness (QED) is 0.556. The second kappa shape index (κ2) is 8.84. The number of ether oxygens (including phenoxy) is 2. The molecule has 1 aromatic carbocycles. The highest BCUT2D eigenvalue weighted by molar-refractivity contribution is 7.99. The molecule has 10 heteroatoms. The number of aryl methyl sites for hydroxylation is 1. The first-order valence-electron chi connectivity index (χ1n) is 9.66. The van der Waals surface area contributed by atoms with Crippen molar-refractivity contribution in [1.82, 2.24) is 20.0 Å². The zero-order valence-corrected chi connectivity index (χ0v) is 18.2. The van der Waals surface area contributed by atoms with E-state index in [1.54, 1.807) is 43.9 Å². The topological polar surface area (TPSA) is 108 Å². The van der Waals surface area contributed by atoms with Gasteiger partial charge in [-0.25, -0.2) is 4.98 Å². The van der Waals surface area contributed by atoms with Crippen LogP contribution < -0.4 is 20.3 Å². The highest BCUT2D eigenvalue weighted by Gasteiger charge is 2.27. The summed E-state index contributed by atoms with van der Waals surface area (Å²) in [5.41, 5.74) is 1.94. The van der Waals surface area contributed by atoms with Crippen LogP contribution in [0.15, 0.2) is 44.8 Å². The van der Waals surface area contributed by atoms with E-state index in [-0.39, 0.29) is 30.5 Å². The van der Waals surface area contributed by atoms with Crippen molar-refractivity contribution in [3.05, 3.63) is 52.1 Å². The number of thioether (sulfide) groups is 1. The molecular formula is C21H22N4O5S. The van der Waals surface area contributed by atoms with Crippen molar-refractivity contribution in [3.8, 4) is 22.8 Å². The molecule has 1 unspecified atom stereocenters. The fourth-order valence-corrected chi connectivity index (χ4v) is 4.60. The third-order valence-electron chi connectivity index (χ3n) is 4.93. The zero-order chi connectivity index (χ0) is 22.0. The molecule has 0 aliphatic carbocycles.